The number of benzene rings is 1. The van der Waals surface area contributed by atoms with Gasteiger partial charge in [0.1, 0.15) is 0 Å². The standard InChI is InChI=1S/C20H14N2O3S/c23-18(11-13-5-2-1-3-6-13)22-10-9-15-14(7-4-8-16(15)22)12-17-19(24)21-20(25)26-17/h1-2,4-5,7-10,17H,11-12H2,(H,21,24,25). The largest absolute Gasteiger partial charge is 0.287 e. The summed E-state index contributed by atoms with van der Waals surface area (Å²) in [6, 6.07) is 7.55. The number of carbonyl (C=O) groups excluding carboxylic acids is 3. The molecule has 0 radical (unpaired) electrons. The Hall–Kier alpha value is -3.04. The number of imide groups is 1. The van der Waals surface area contributed by atoms with E-state index in [0.29, 0.717) is 6.42 Å². The van der Waals surface area contributed by atoms with E-state index in [1.165, 1.54) is 0 Å². The molecule has 1 aromatic carbocycles. The van der Waals surface area contributed by atoms with E-state index in [-0.39, 0.29) is 23.5 Å². The Balaban J connectivity index is 1.63. The molecule has 1 atom stereocenters. The maximum Gasteiger partial charge on any atom is 0.286 e. The fourth-order valence-corrected chi connectivity index (χ4v) is 3.94. The maximum absolute atomic E-state index is 12.7. The number of amides is 2. The quantitative estimate of drug-likeness (QED) is 0.847. The van der Waals surface area contributed by atoms with E-state index < -0.39 is 5.25 Å². The molecule has 1 fully saturated rings. The molecule has 2 heterocycles. The molecule has 0 saturated carbocycles. The Labute approximate surface area is 153 Å². The van der Waals surface area contributed by atoms with Crippen molar-refractivity contribution in [1.29, 1.82) is 0 Å². The number of hydrogen-bond donors (Lipinski definition) is 1. The summed E-state index contributed by atoms with van der Waals surface area (Å²) >= 11 is 1.01. The summed E-state index contributed by atoms with van der Waals surface area (Å²) in [7, 11) is 0. The van der Waals surface area contributed by atoms with Gasteiger partial charge in [-0.25, -0.2) is 0 Å². The topological polar surface area (TPSA) is 68.2 Å². The normalized spacial score (nSPS) is 18.5. The van der Waals surface area contributed by atoms with Crippen LogP contribution in [-0.2, 0) is 11.2 Å². The van der Waals surface area contributed by atoms with Crippen LogP contribution in [0.1, 0.15) is 16.8 Å². The van der Waals surface area contributed by atoms with E-state index in [1.807, 2.05) is 36.4 Å². The van der Waals surface area contributed by atoms with Crippen LogP contribution in [0, 0.1) is 0 Å². The van der Waals surface area contributed by atoms with E-state index in [1.54, 1.807) is 16.8 Å². The molecule has 1 aliphatic heterocycles. The molecular formula is C20H14N2O3S. The second-order valence-electron chi connectivity index (χ2n) is 6.01. The number of allylic oxidation sites excluding steroid dienone is 4. The highest BCUT2D eigenvalue weighted by atomic mass is 32.2. The van der Waals surface area contributed by atoms with Gasteiger partial charge in [-0.15, -0.1) is 0 Å². The van der Waals surface area contributed by atoms with Gasteiger partial charge in [0.05, 0.1) is 17.2 Å². The van der Waals surface area contributed by atoms with Crippen LogP contribution in [0.25, 0.3) is 10.9 Å². The first-order valence-electron chi connectivity index (χ1n) is 8.13. The molecule has 4 rings (SSSR count). The van der Waals surface area contributed by atoms with Gasteiger partial charge in [-0.05, 0) is 36.3 Å². The van der Waals surface area contributed by atoms with Gasteiger partial charge in [-0.1, -0.05) is 41.4 Å². The van der Waals surface area contributed by atoms with Crippen molar-refractivity contribution in [2.75, 3.05) is 0 Å². The van der Waals surface area contributed by atoms with Crippen molar-refractivity contribution in [3.05, 3.63) is 71.3 Å². The SMILES string of the molecule is O=C1NC(=O)C(Cc2cccc3c2ccn3C(=O)CC2=C=C=CC=C2)S1. The van der Waals surface area contributed by atoms with Gasteiger partial charge in [0.15, 0.2) is 0 Å². The first-order chi connectivity index (χ1) is 12.6. The lowest BCUT2D eigenvalue weighted by molar-refractivity contribution is -0.118. The molecule has 1 unspecified atom stereocenters. The molecule has 2 aliphatic rings. The molecular weight excluding hydrogens is 348 g/mol. The van der Waals surface area contributed by atoms with E-state index >= 15 is 0 Å². The molecule has 1 aromatic heterocycles. The minimum Gasteiger partial charge on any atom is -0.287 e. The zero-order valence-corrected chi connectivity index (χ0v) is 14.5. The minimum absolute atomic E-state index is 0.0591. The van der Waals surface area contributed by atoms with E-state index in [2.05, 4.69) is 16.8 Å². The van der Waals surface area contributed by atoms with Crippen LogP contribution in [0.2, 0.25) is 0 Å². The molecule has 5 nitrogen and oxygen atoms in total. The van der Waals surface area contributed by atoms with Crippen molar-refractivity contribution in [2.45, 2.75) is 18.1 Å². The molecule has 0 spiro atoms. The molecule has 2 aromatic rings. The number of fused-ring (bicyclic) bond motifs is 1. The van der Waals surface area contributed by atoms with Crippen molar-refractivity contribution in [3.63, 3.8) is 0 Å². The third-order valence-corrected chi connectivity index (χ3v) is 5.30. The van der Waals surface area contributed by atoms with Crippen LogP contribution in [0.3, 0.4) is 0 Å². The van der Waals surface area contributed by atoms with Gasteiger partial charge in [0, 0.05) is 17.2 Å². The molecule has 2 amide bonds. The van der Waals surface area contributed by atoms with Crippen LogP contribution in [0.5, 0.6) is 0 Å². The van der Waals surface area contributed by atoms with Crippen LogP contribution in [-0.4, -0.2) is 26.9 Å². The van der Waals surface area contributed by atoms with Gasteiger partial charge in [0.25, 0.3) is 5.24 Å². The third-order valence-electron chi connectivity index (χ3n) is 4.32. The predicted molar refractivity (Wildman–Crippen MR) is 100 cm³/mol. The average Bonchev–Trinajstić information content (AvgIpc) is 3.19. The highest BCUT2D eigenvalue weighted by Gasteiger charge is 2.32. The summed E-state index contributed by atoms with van der Waals surface area (Å²) in [5, 5.41) is 2.48. The van der Waals surface area contributed by atoms with Crippen molar-refractivity contribution >= 4 is 39.7 Å². The number of nitrogens with zero attached hydrogens (tertiary/aromatic N) is 1. The molecule has 26 heavy (non-hydrogen) atoms. The first-order valence-corrected chi connectivity index (χ1v) is 9.00. The second-order valence-corrected chi connectivity index (χ2v) is 7.19. The summed E-state index contributed by atoms with van der Waals surface area (Å²) in [4.78, 5) is 35.8. The lowest BCUT2D eigenvalue weighted by atomic mass is 10.0. The van der Waals surface area contributed by atoms with Gasteiger partial charge in [-0.3, -0.25) is 24.3 Å². The highest BCUT2D eigenvalue weighted by molar-refractivity contribution is 8.15. The minimum atomic E-state index is -0.429. The fourth-order valence-electron chi connectivity index (χ4n) is 3.09. The summed E-state index contributed by atoms with van der Waals surface area (Å²) < 4.78 is 1.62. The van der Waals surface area contributed by atoms with Crippen LogP contribution < -0.4 is 5.32 Å². The lowest BCUT2D eigenvalue weighted by Crippen LogP contribution is -2.25. The highest BCUT2D eigenvalue weighted by Crippen LogP contribution is 2.28. The fraction of sp³-hybridized carbons (Fsp3) is 0.150. The van der Waals surface area contributed by atoms with Crippen LogP contribution in [0.15, 0.2) is 65.7 Å². The summed E-state index contributed by atoms with van der Waals surface area (Å²) in [5.74, 6) is -0.320. The molecule has 6 heteroatoms. The Morgan fingerprint density at radius 3 is 2.88 bits per heavy atom. The predicted octanol–water partition coefficient (Wildman–Crippen LogP) is 3.37. The summed E-state index contributed by atoms with van der Waals surface area (Å²) in [6.07, 6.45) is 7.85. The molecule has 1 saturated heterocycles. The van der Waals surface area contributed by atoms with Crippen molar-refractivity contribution in [2.24, 2.45) is 0 Å². The number of rotatable bonds is 4. The summed E-state index contributed by atoms with van der Waals surface area (Å²) in [6.45, 7) is 0. The molecule has 1 N–H and O–H groups in total. The van der Waals surface area contributed by atoms with Gasteiger partial charge in [0.2, 0.25) is 11.8 Å². The van der Waals surface area contributed by atoms with Gasteiger partial charge >= 0.3 is 0 Å². The third kappa shape index (κ3) is 3.09. The maximum atomic E-state index is 12.7. The molecule has 128 valence electrons. The zero-order chi connectivity index (χ0) is 18.1. The molecule has 0 bridgehead atoms. The smallest absolute Gasteiger partial charge is 0.286 e. The van der Waals surface area contributed by atoms with E-state index in [4.69, 9.17) is 0 Å². The van der Waals surface area contributed by atoms with E-state index in [0.717, 1.165) is 33.8 Å². The van der Waals surface area contributed by atoms with Gasteiger partial charge in [-0.2, -0.15) is 0 Å². The van der Waals surface area contributed by atoms with E-state index in [9.17, 15) is 14.4 Å². The average molecular weight is 362 g/mol. The number of carbonyl (C=O) groups is 3. The number of nitrogens with one attached hydrogen (secondary N) is 1. The zero-order valence-electron chi connectivity index (χ0n) is 13.7. The van der Waals surface area contributed by atoms with Gasteiger partial charge < -0.3 is 0 Å². The number of aromatic nitrogens is 1. The molecule has 1 aliphatic carbocycles. The number of hydrogen-bond acceptors (Lipinski definition) is 4. The van der Waals surface area contributed by atoms with Crippen molar-refractivity contribution in [3.8, 4) is 0 Å². The first kappa shape index (κ1) is 16.4. The Kier molecular flexibility index (Phi) is 4.23. The van der Waals surface area contributed by atoms with Crippen molar-refractivity contribution < 1.29 is 14.4 Å². The second kappa shape index (κ2) is 6.70. The lowest BCUT2D eigenvalue weighted by Gasteiger charge is -2.08. The monoisotopic (exact) mass is 362 g/mol. The van der Waals surface area contributed by atoms with Crippen LogP contribution >= 0.6 is 11.8 Å². The summed E-state index contributed by atoms with van der Waals surface area (Å²) in [5.41, 5.74) is 8.31. The van der Waals surface area contributed by atoms with Crippen LogP contribution in [0.4, 0.5) is 4.79 Å². The Morgan fingerprint density at radius 1 is 1.27 bits per heavy atom. The Morgan fingerprint density at radius 2 is 2.15 bits per heavy atom. The van der Waals surface area contributed by atoms with Crippen molar-refractivity contribution in [1.82, 2.24) is 9.88 Å². The Bertz CT molecular complexity index is 1080. The number of thioether (sulfide) groups is 1.